The lowest BCUT2D eigenvalue weighted by Crippen LogP contribution is -2.72. The lowest BCUT2D eigenvalue weighted by atomic mass is 9.80. The molecular formula is C18H22F2N2O3. The molecule has 1 spiro atoms. The van der Waals surface area contributed by atoms with Gasteiger partial charge in [-0.15, -0.1) is 0 Å². The molecule has 1 aromatic rings. The maximum atomic E-state index is 13.8. The Morgan fingerprint density at radius 3 is 2.32 bits per heavy atom. The Kier molecular flexibility index (Phi) is 4.31. The highest BCUT2D eigenvalue weighted by Crippen LogP contribution is 2.42. The van der Waals surface area contributed by atoms with Gasteiger partial charge in [0.25, 0.3) is 0 Å². The van der Waals surface area contributed by atoms with E-state index >= 15 is 0 Å². The van der Waals surface area contributed by atoms with Crippen molar-refractivity contribution in [1.82, 2.24) is 10.2 Å². The van der Waals surface area contributed by atoms with Crippen LogP contribution in [0.5, 0.6) is 0 Å². The quantitative estimate of drug-likeness (QED) is 0.876. The number of benzene rings is 1. The van der Waals surface area contributed by atoms with E-state index in [0.29, 0.717) is 12.8 Å². The first-order valence-electron chi connectivity index (χ1n) is 8.48. The van der Waals surface area contributed by atoms with E-state index in [0.717, 1.165) is 31.0 Å². The number of amides is 1. The second-order valence-electron chi connectivity index (χ2n) is 7.26. The number of aliphatic carboxylic acids is 1. The Labute approximate surface area is 145 Å². The fourth-order valence-electron chi connectivity index (χ4n) is 4.15. The van der Waals surface area contributed by atoms with E-state index in [4.69, 9.17) is 0 Å². The van der Waals surface area contributed by atoms with E-state index in [2.05, 4.69) is 5.32 Å². The summed E-state index contributed by atoms with van der Waals surface area (Å²) in [6, 6.07) is 1.97. The van der Waals surface area contributed by atoms with Gasteiger partial charge >= 0.3 is 5.97 Å². The molecule has 0 radical (unpaired) electrons. The van der Waals surface area contributed by atoms with Crippen LogP contribution in [-0.4, -0.2) is 40.0 Å². The summed E-state index contributed by atoms with van der Waals surface area (Å²) < 4.78 is 27.5. The number of carbonyl (C=O) groups is 2. The van der Waals surface area contributed by atoms with Crippen molar-refractivity contribution >= 4 is 11.9 Å². The fraction of sp³-hybridized carbons (Fsp3) is 0.556. The van der Waals surface area contributed by atoms with Crippen molar-refractivity contribution in [2.75, 3.05) is 6.54 Å². The van der Waals surface area contributed by atoms with Crippen molar-refractivity contribution in [2.24, 2.45) is 0 Å². The fourth-order valence-corrected chi connectivity index (χ4v) is 4.15. The Morgan fingerprint density at radius 1 is 1.24 bits per heavy atom. The van der Waals surface area contributed by atoms with Gasteiger partial charge in [0.1, 0.15) is 17.7 Å². The van der Waals surface area contributed by atoms with E-state index in [9.17, 15) is 23.5 Å². The maximum Gasteiger partial charge on any atom is 0.326 e. The highest BCUT2D eigenvalue weighted by Gasteiger charge is 2.55. The van der Waals surface area contributed by atoms with Crippen molar-refractivity contribution in [3.05, 3.63) is 35.4 Å². The van der Waals surface area contributed by atoms with Crippen LogP contribution >= 0.6 is 0 Å². The molecule has 1 saturated heterocycles. The average molecular weight is 352 g/mol. The number of rotatable bonds is 3. The first-order chi connectivity index (χ1) is 11.7. The summed E-state index contributed by atoms with van der Waals surface area (Å²) >= 11 is 0. The van der Waals surface area contributed by atoms with Crippen molar-refractivity contribution in [3.63, 3.8) is 0 Å². The van der Waals surface area contributed by atoms with Crippen LogP contribution in [-0.2, 0) is 15.1 Å². The molecule has 1 unspecified atom stereocenters. The summed E-state index contributed by atoms with van der Waals surface area (Å²) in [5.41, 5.74) is -1.69. The van der Waals surface area contributed by atoms with Crippen molar-refractivity contribution in [3.8, 4) is 0 Å². The largest absolute Gasteiger partial charge is 0.480 e. The van der Waals surface area contributed by atoms with Gasteiger partial charge in [0.2, 0.25) is 5.91 Å². The Bertz CT molecular complexity index is 698. The van der Waals surface area contributed by atoms with Crippen LogP contribution in [0, 0.1) is 11.6 Å². The highest BCUT2D eigenvalue weighted by molar-refractivity contribution is 5.92. The third-order valence-corrected chi connectivity index (χ3v) is 5.62. The number of piperazine rings is 1. The molecule has 1 saturated carbocycles. The highest BCUT2D eigenvalue weighted by atomic mass is 19.1. The van der Waals surface area contributed by atoms with Crippen LogP contribution in [0.2, 0.25) is 0 Å². The van der Waals surface area contributed by atoms with Crippen LogP contribution in [0.3, 0.4) is 0 Å². The molecule has 25 heavy (non-hydrogen) atoms. The molecule has 1 aliphatic carbocycles. The SMILES string of the molecule is CC(C(=O)O)N1C(=O)C2(CCCC2)NC[C@@]1(C)c1cc(F)cc(F)c1. The Balaban J connectivity index is 2.10. The van der Waals surface area contributed by atoms with E-state index in [1.165, 1.54) is 11.8 Å². The molecule has 2 aliphatic rings. The summed E-state index contributed by atoms with van der Waals surface area (Å²) in [6.45, 7) is 3.31. The molecule has 1 heterocycles. The minimum absolute atomic E-state index is 0.235. The van der Waals surface area contributed by atoms with Gasteiger partial charge in [-0.1, -0.05) is 12.8 Å². The van der Waals surface area contributed by atoms with E-state index < -0.39 is 34.7 Å². The van der Waals surface area contributed by atoms with Gasteiger partial charge in [0, 0.05) is 12.6 Å². The molecule has 2 N–H and O–H groups in total. The Hall–Kier alpha value is -2.02. The first kappa shape index (κ1) is 17.8. The predicted molar refractivity (Wildman–Crippen MR) is 86.9 cm³/mol. The lowest BCUT2D eigenvalue weighted by Gasteiger charge is -2.53. The molecule has 2 fully saturated rings. The predicted octanol–water partition coefficient (Wildman–Crippen LogP) is 2.40. The van der Waals surface area contributed by atoms with Gasteiger partial charge in [-0.2, -0.15) is 0 Å². The van der Waals surface area contributed by atoms with Gasteiger partial charge in [-0.05, 0) is 44.4 Å². The van der Waals surface area contributed by atoms with E-state index in [1.807, 2.05) is 0 Å². The summed E-state index contributed by atoms with van der Waals surface area (Å²) in [4.78, 5) is 26.2. The molecule has 1 aromatic carbocycles. The molecule has 0 bridgehead atoms. The van der Waals surface area contributed by atoms with Gasteiger partial charge in [-0.3, -0.25) is 4.79 Å². The van der Waals surface area contributed by atoms with Crippen molar-refractivity contribution < 1.29 is 23.5 Å². The third kappa shape index (κ3) is 2.80. The van der Waals surface area contributed by atoms with Crippen molar-refractivity contribution in [1.29, 1.82) is 0 Å². The second kappa shape index (κ2) is 6.05. The zero-order valence-electron chi connectivity index (χ0n) is 14.3. The average Bonchev–Trinajstić information content (AvgIpc) is 3.00. The number of hydrogen-bond acceptors (Lipinski definition) is 3. The second-order valence-corrected chi connectivity index (χ2v) is 7.26. The summed E-state index contributed by atoms with van der Waals surface area (Å²) in [5.74, 6) is -2.97. The molecule has 7 heteroatoms. The minimum atomic E-state index is -1.16. The zero-order chi connectivity index (χ0) is 18.4. The number of hydrogen-bond donors (Lipinski definition) is 2. The molecule has 3 rings (SSSR count). The van der Waals surface area contributed by atoms with Crippen LogP contribution in [0.25, 0.3) is 0 Å². The van der Waals surface area contributed by atoms with Crippen LogP contribution in [0.15, 0.2) is 18.2 Å². The number of nitrogens with zero attached hydrogens (tertiary/aromatic N) is 1. The number of carboxylic acids is 1. The number of carbonyl (C=O) groups excluding carboxylic acids is 1. The van der Waals surface area contributed by atoms with Gasteiger partial charge in [0.05, 0.1) is 11.1 Å². The van der Waals surface area contributed by atoms with Gasteiger partial charge in [-0.25, -0.2) is 13.6 Å². The molecule has 5 nitrogen and oxygen atoms in total. The molecule has 1 amide bonds. The maximum absolute atomic E-state index is 13.8. The van der Waals surface area contributed by atoms with Gasteiger partial charge < -0.3 is 15.3 Å². The normalized spacial score (nSPS) is 26.9. The number of nitrogens with one attached hydrogen (secondary N) is 1. The number of carboxylic acid groups (broad SMARTS) is 1. The third-order valence-electron chi connectivity index (χ3n) is 5.62. The van der Waals surface area contributed by atoms with Crippen molar-refractivity contribution in [2.45, 2.75) is 56.7 Å². The van der Waals surface area contributed by atoms with Crippen LogP contribution in [0.4, 0.5) is 8.78 Å². The van der Waals surface area contributed by atoms with Gasteiger partial charge in [0.15, 0.2) is 0 Å². The monoisotopic (exact) mass is 352 g/mol. The first-order valence-corrected chi connectivity index (χ1v) is 8.48. The smallest absolute Gasteiger partial charge is 0.326 e. The van der Waals surface area contributed by atoms with E-state index in [-0.39, 0.29) is 18.0 Å². The standard InChI is InChI=1S/C18H22F2N2O3/c1-11(15(23)24)22-16(25)18(5-3-4-6-18)21-10-17(22,2)12-7-13(19)9-14(20)8-12/h7-9,11,21H,3-6,10H2,1-2H3,(H,23,24)/t11?,17-/m0/s1. The molecule has 136 valence electrons. The molecule has 2 atom stereocenters. The lowest BCUT2D eigenvalue weighted by molar-refractivity contribution is -0.164. The summed E-state index contributed by atoms with van der Waals surface area (Å²) in [5, 5.41) is 12.8. The summed E-state index contributed by atoms with van der Waals surface area (Å²) in [7, 11) is 0. The molecule has 0 aromatic heterocycles. The summed E-state index contributed by atoms with van der Waals surface area (Å²) in [6.07, 6.45) is 3.06. The number of halogens is 2. The Morgan fingerprint density at radius 2 is 1.80 bits per heavy atom. The molecular weight excluding hydrogens is 330 g/mol. The zero-order valence-corrected chi connectivity index (χ0v) is 14.3. The molecule has 1 aliphatic heterocycles. The van der Waals surface area contributed by atoms with Crippen LogP contribution < -0.4 is 5.32 Å². The minimum Gasteiger partial charge on any atom is -0.480 e. The van der Waals surface area contributed by atoms with E-state index in [1.54, 1.807) is 6.92 Å². The van der Waals surface area contributed by atoms with Crippen LogP contribution in [0.1, 0.15) is 45.1 Å². The topological polar surface area (TPSA) is 69.6 Å².